The lowest BCUT2D eigenvalue weighted by molar-refractivity contribution is 0.0666. The Kier molecular flexibility index (Phi) is 4.33. The molecule has 2 saturated heterocycles. The molecule has 8 heteroatoms. The molecule has 0 bridgehead atoms. The SMILES string of the molecule is O=C(c1nc(C2CC2)n2ccccc12)N1CCC[C@@H](n2ncc(N3CCC3)cc2=O)C1. The van der Waals surface area contributed by atoms with Crippen LogP contribution >= 0.6 is 0 Å². The minimum Gasteiger partial charge on any atom is -0.370 e. The third kappa shape index (κ3) is 3.21. The van der Waals surface area contributed by atoms with E-state index in [0.717, 1.165) is 62.2 Å². The number of fused-ring (bicyclic) bond motifs is 1. The van der Waals surface area contributed by atoms with E-state index in [1.165, 1.54) is 0 Å². The number of aromatic nitrogens is 4. The second-order valence-electron chi connectivity index (χ2n) is 8.93. The van der Waals surface area contributed by atoms with Crippen LogP contribution in [0.4, 0.5) is 5.69 Å². The number of piperidine rings is 1. The van der Waals surface area contributed by atoms with Gasteiger partial charge in [0, 0.05) is 44.4 Å². The molecule has 160 valence electrons. The maximum absolute atomic E-state index is 13.5. The molecular formula is C23H26N6O2. The first-order chi connectivity index (χ1) is 15.2. The highest BCUT2D eigenvalue weighted by atomic mass is 16.2. The van der Waals surface area contributed by atoms with E-state index in [1.54, 1.807) is 16.9 Å². The summed E-state index contributed by atoms with van der Waals surface area (Å²) in [5, 5.41) is 4.46. The molecule has 0 N–H and O–H groups in total. The molecule has 3 aromatic rings. The average Bonchev–Trinajstić information content (AvgIpc) is 3.52. The predicted molar refractivity (Wildman–Crippen MR) is 117 cm³/mol. The Hall–Kier alpha value is -3.16. The fourth-order valence-electron chi connectivity index (χ4n) is 4.77. The fraction of sp³-hybridized carbons (Fsp3) is 0.478. The maximum atomic E-state index is 13.5. The summed E-state index contributed by atoms with van der Waals surface area (Å²) in [6.45, 7) is 3.14. The normalized spacial score (nSPS) is 21.4. The van der Waals surface area contributed by atoms with Crippen molar-refractivity contribution >= 4 is 17.1 Å². The molecule has 31 heavy (non-hydrogen) atoms. The Labute approximate surface area is 180 Å². The summed E-state index contributed by atoms with van der Waals surface area (Å²) in [5.74, 6) is 1.40. The second kappa shape index (κ2) is 7.21. The number of rotatable bonds is 4. The van der Waals surface area contributed by atoms with E-state index < -0.39 is 0 Å². The molecule has 1 amide bonds. The van der Waals surface area contributed by atoms with Crippen LogP contribution in [0.15, 0.2) is 41.5 Å². The van der Waals surface area contributed by atoms with Crippen LogP contribution < -0.4 is 10.5 Å². The van der Waals surface area contributed by atoms with E-state index in [0.29, 0.717) is 24.7 Å². The van der Waals surface area contributed by atoms with Crippen molar-refractivity contribution in [3.63, 3.8) is 0 Å². The van der Waals surface area contributed by atoms with Crippen molar-refractivity contribution in [2.45, 2.75) is 44.1 Å². The molecule has 2 aliphatic heterocycles. The fourth-order valence-corrected chi connectivity index (χ4v) is 4.77. The zero-order valence-corrected chi connectivity index (χ0v) is 17.5. The third-order valence-corrected chi connectivity index (χ3v) is 6.78. The first-order valence-corrected chi connectivity index (χ1v) is 11.3. The molecule has 1 saturated carbocycles. The highest BCUT2D eigenvalue weighted by molar-refractivity contribution is 5.99. The van der Waals surface area contributed by atoms with Crippen LogP contribution in [0.5, 0.6) is 0 Å². The summed E-state index contributed by atoms with van der Waals surface area (Å²) in [7, 11) is 0. The molecule has 3 fully saturated rings. The van der Waals surface area contributed by atoms with Crippen molar-refractivity contribution in [3.05, 3.63) is 58.5 Å². The number of hydrogen-bond acceptors (Lipinski definition) is 5. The summed E-state index contributed by atoms with van der Waals surface area (Å²) in [5.41, 5.74) is 2.20. The Morgan fingerprint density at radius 2 is 1.94 bits per heavy atom. The van der Waals surface area contributed by atoms with Gasteiger partial charge in [-0.25, -0.2) is 9.67 Å². The Bertz CT molecular complexity index is 1210. The minimum atomic E-state index is -0.104. The van der Waals surface area contributed by atoms with Gasteiger partial charge in [0.25, 0.3) is 11.5 Å². The first kappa shape index (κ1) is 18.6. The standard InChI is InChI=1S/C23H26N6O2/c30-20-13-18(26-10-4-11-26)14-24-29(20)17-5-3-9-27(15-17)23(31)21-19-6-1-2-12-28(19)22(25-21)16-7-8-16/h1-2,6,12-14,16-17H,3-5,7-11,15H2/t17-/m1/s1. The molecule has 5 heterocycles. The molecule has 8 nitrogen and oxygen atoms in total. The Balaban J connectivity index is 1.26. The minimum absolute atomic E-state index is 0.0504. The van der Waals surface area contributed by atoms with E-state index in [9.17, 15) is 9.59 Å². The molecule has 3 aromatic heterocycles. The van der Waals surface area contributed by atoms with Gasteiger partial charge in [0.05, 0.1) is 23.4 Å². The highest BCUT2D eigenvalue weighted by Crippen LogP contribution is 2.40. The van der Waals surface area contributed by atoms with Crippen molar-refractivity contribution in [2.24, 2.45) is 0 Å². The van der Waals surface area contributed by atoms with Gasteiger partial charge in [-0.2, -0.15) is 5.10 Å². The van der Waals surface area contributed by atoms with Crippen molar-refractivity contribution < 1.29 is 4.79 Å². The van der Waals surface area contributed by atoms with Crippen LogP contribution in [-0.2, 0) is 0 Å². The van der Waals surface area contributed by atoms with E-state index in [-0.39, 0.29) is 17.5 Å². The van der Waals surface area contributed by atoms with E-state index in [4.69, 9.17) is 4.98 Å². The molecule has 0 spiro atoms. The van der Waals surface area contributed by atoms with Crippen molar-refractivity contribution in [1.29, 1.82) is 0 Å². The number of carbonyl (C=O) groups is 1. The van der Waals surface area contributed by atoms with Crippen molar-refractivity contribution in [1.82, 2.24) is 24.1 Å². The number of carbonyl (C=O) groups excluding carboxylic acids is 1. The summed E-state index contributed by atoms with van der Waals surface area (Å²) >= 11 is 0. The summed E-state index contributed by atoms with van der Waals surface area (Å²) in [6, 6.07) is 7.47. The van der Waals surface area contributed by atoms with Crippen molar-refractivity contribution in [3.8, 4) is 0 Å². The van der Waals surface area contributed by atoms with Crippen LogP contribution in [0.1, 0.15) is 60.4 Å². The van der Waals surface area contributed by atoms with Gasteiger partial charge in [-0.05, 0) is 44.2 Å². The summed E-state index contributed by atoms with van der Waals surface area (Å²) in [4.78, 5) is 35.0. The predicted octanol–water partition coefficient (Wildman–Crippen LogP) is 2.46. The Morgan fingerprint density at radius 3 is 2.68 bits per heavy atom. The molecule has 6 rings (SSSR count). The zero-order valence-electron chi connectivity index (χ0n) is 17.5. The number of pyridine rings is 1. The largest absolute Gasteiger partial charge is 0.370 e. The average molecular weight is 419 g/mol. The number of likely N-dealkylation sites (tertiary alicyclic amines) is 1. The highest BCUT2D eigenvalue weighted by Gasteiger charge is 2.33. The summed E-state index contributed by atoms with van der Waals surface area (Å²) in [6.07, 6.45) is 8.90. The molecular weight excluding hydrogens is 392 g/mol. The van der Waals surface area contributed by atoms with E-state index in [2.05, 4.69) is 14.4 Å². The summed E-state index contributed by atoms with van der Waals surface area (Å²) < 4.78 is 3.62. The van der Waals surface area contributed by atoms with Crippen LogP contribution in [0, 0.1) is 0 Å². The lowest BCUT2D eigenvalue weighted by Gasteiger charge is -2.34. The van der Waals surface area contributed by atoms with Crippen LogP contribution in [0.25, 0.3) is 5.52 Å². The molecule has 0 aromatic carbocycles. The van der Waals surface area contributed by atoms with Gasteiger partial charge in [-0.1, -0.05) is 6.07 Å². The lowest BCUT2D eigenvalue weighted by Crippen LogP contribution is -2.44. The van der Waals surface area contributed by atoms with Gasteiger partial charge < -0.3 is 14.2 Å². The topological polar surface area (TPSA) is 75.7 Å². The zero-order chi connectivity index (χ0) is 20.9. The maximum Gasteiger partial charge on any atom is 0.274 e. The van der Waals surface area contributed by atoms with Gasteiger partial charge in [0.15, 0.2) is 5.69 Å². The van der Waals surface area contributed by atoms with Gasteiger partial charge in [-0.15, -0.1) is 0 Å². The quantitative estimate of drug-likeness (QED) is 0.651. The van der Waals surface area contributed by atoms with Gasteiger partial charge in [-0.3, -0.25) is 9.59 Å². The number of hydrogen-bond donors (Lipinski definition) is 0. The Morgan fingerprint density at radius 1 is 1.06 bits per heavy atom. The van der Waals surface area contributed by atoms with Gasteiger partial charge >= 0.3 is 0 Å². The third-order valence-electron chi connectivity index (χ3n) is 6.78. The van der Waals surface area contributed by atoms with Gasteiger partial charge in [0.1, 0.15) is 5.82 Å². The number of nitrogens with zero attached hydrogens (tertiary/aromatic N) is 6. The van der Waals surface area contributed by atoms with Crippen LogP contribution in [-0.4, -0.2) is 56.2 Å². The van der Waals surface area contributed by atoms with Crippen molar-refractivity contribution in [2.75, 3.05) is 31.1 Å². The number of amides is 1. The number of anilines is 1. The van der Waals surface area contributed by atoms with Crippen LogP contribution in [0.2, 0.25) is 0 Å². The molecule has 1 aliphatic carbocycles. The number of imidazole rings is 1. The molecule has 0 unspecified atom stereocenters. The second-order valence-corrected chi connectivity index (χ2v) is 8.93. The lowest BCUT2D eigenvalue weighted by atomic mass is 10.1. The molecule has 1 atom stereocenters. The first-order valence-electron chi connectivity index (χ1n) is 11.3. The molecule has 0 radical (unpaired) electrons. The smallest absolute Gasteiger partial charge is 0.274 e. The van der Waals surface area contributed by atoms with Gasteiger partial charge in [0.2, 0.25) is 0 Å². The van der Waals surface area contributed by atoms with E-state index in [1.807, 2.05) is 29.3 Å². The molecule has 3 aliphatic rings. The monoisotopic (exact) mass is 418 g/mol. The van der Waals surface area contributed by atoms with E-state index >= 15 is 0 Å². The van der Waals surface area contributed by atoms with Crippen LogP contribution in [0.3, 0.4) is 0 Å².